The van der Waals surface area contributed by atoms with Crippen molar-refractivity contribution in [1.29, 1.82) is 0 Å². The number of epoxide rings is 1. The van der Waals surface area contributed by atoms with Gasteiger partial charge in [-0.05, 0) is 45.2 Å². The van der Waals surface area contributed by atoms with Crippen LogP contribution in [-0.2, 0) is 28.7 Å². The highest BCUT2D eigenvalue weighted by Gasteiger charge is 2.50. The molecule has 2 aliphatic heterocycles. The van der Waals surface area contributed by atoms with E-state index in [1.807, 2.05) is 29.2 Å². The Kier molecular flexibility index (Phi) is 13.2. The lowest BCUT2D eigenvalue weighted by Crippen LogP contribution is -2.52. The molecular weight excluding hydrogens is 540 g/mol. The Morgan fingerprint density at radius 2 is 1.67 bits per heavy atom. The third-order valence-corrected chi connectivity index (χ3v) is 7.97. The highest BCUT2D eigenvalue weighted by Crippen LogP contribution is 2.32. The number of carbonyl (C=O) groups excluding carboxylic acids is 4. The number of ether oxygens (including phenoxy) is 3. The van der Waals surface area contributed by atoms with Crippen LogP contribution >= 0.6 is 0 Å². The number of aryl methyl sites for hydroxylation is 1. The lowest BCUT2D eigenvalue weighted by atomic mass is 9.82. The van der Waals surface area contributed by atoms with Crippen LogP contribution in [0.1, 0.15) is 57.9 Å². The highest BCUT2D eigenvalue weighted by atomic mass is 16.6. The Morgan fingerprint density at radius 3 is 2.26 bits per heavy atom. The van der Waals surface area contributed by atoms with Crippen molar-refractivity contribution in [2.45, 2.75) is 77.0 Å². The fourth-order valence-electron chi connectivity index (χ4n) is 5.16. The molecule has 0 bridgehead atoms. The van der Waals surface area contributed by atoms with Crippen LogP contribution in [0.15, 0.2) is 24.3 Å². The number of nitrogens with zero attached hydrogens (tertiary/aromatic N) is 1. The molecule has 2 unspecified atom stereocenters. The molecule has 1 aromatic rings. The van der Waals surface area contributed by atoms with Gasteiger partial charge in [0.05, 0.1) is 46.1 Å². The lowest BCUT2D eigenvalue weighted by Gasteiger charge is -2.27. The van der Waals surface area contributed by atoms with Crippen LogP contribution in [0.2, 0.25) is 0 Å². The summed E-state index contributed by atoms with van der Waals surface area (Å²) in [6, 6.07) is 6.57. The van der Waals surface area contributed by atoms with E-state index in [2.05, 4.69) is 22.9 Å². The van der Waals surface area contributed by atoms with E-state index < -0.39 is 29.5 Å². The predicted octanol–water partition coefficient (Wildman–Crippen LogP) is 1.76. The maximum absolute atomic E-state index is 12.9. The predicted molar refractivity (Wildman–Crippen MR) is 158 cm³/mol. The van der Waals surface area contributed by atoms with Crippen molar-refractivity contribution < 1.29 is 33.4 Å². The number of hydrogen-bond acceptors (Lipinski definition) is 8. The molecule has 0 radical (unpaired) electrons. The van der Waals surface area contributed by atoms with Crippen molar-refractivity contribution in [3.8, 4) is 5.75 Å². The van der Waals surface area contributed by atoms with Gasteiger partial charge in [-0.15, -0.1) is 0 Å². The van der Waals surface area contributed by atoms with Crippen molar-refractivity contribution in [1.82, 2.24) is 20.9 Å². The van der Waals surface area contributed by atoms with E-state index in [4.69, 9.17) is 14.2 Å². The van der Waals surface area contributed by atoms with Crippen molar-refractivity contribution in [2.75, 3.05) is 53.1 Å². The number of ketones is 1. The minimum absolute atomic E-state index is 0.100. The molecule has 2 heterocycles. The molecule has 2 saturated heterocycles. The van der Waals surface area contributed by atoms with Gasteiger partial charge in [0.15, 0.2) is 5.78 Å². The van der Waals surface area contributed by atoms with Crippen LogP contribution in [0, 0.1) is 12.8 Å². The summed E-state index contributed by atoms with van der Waals surface area (Å²) in [6.07, 6.45) is 6.25. The number of morpholine rings is 1. The number of Topliss-reactive ketones (excluding diaryl/α,β-unsaturated/α-hetero) is 1. The zero-order chi connectivity index (χ0) is 30.5. The van der Waals surface area contributed by atoms with Crippen LogP contribution in [0.25, 0.3) is 0 Å². The van der Waals surface area contributed by atoms with E-state index in [0.717, 1.165) is 31.4 Å². The van der Waals surface area contributed by atoms with E-state index in [9.17, 15) is 19.2 Å². The number of hydrogen-bond donors (Lipinski definition) is 3. The van der Waals surface area contributed by atoms with Crippen LogP contribution in [0.4, 0.5) is 0 Å². The number of rotatable bonds is 12. The van der Waals surface area contributed by atoms with E-state index >= 15 is 0 Å². The molecular formula is C31H48N4O7. The van der Waals surface area contributed by atoms with Gasteiger partial charge in [0.1, 0.15) is 17.4 Å². The number of amides is 3. The summed E-state index contributed by atoms with van der Waals surface area (Å²) in [5.41, 5.74) is 0.450. The molecule has 3 amide bonds. The van der Waals surface area contributed by atoms with Crippen molar-refractivity contribution in [3.63, 3.8) is 0 Å². The van der Waals surface area contributed by atoms with Crippen molar-refractivity contribution >= 4 is 23.5 Å². The Hall–Kier alpha value is -3.02. The Labute approximate surface area is 249 Å². The van der Waals surface area contributed by atoms with Crippen molar-refractivity contribution in [2.24, 2.45) is 5.92 Å². The molecule has 42 heavy (non-hydrogen) atoms. The molecule has 3 N–H and O–H groups in total. The van der Waals surface area contributed by atoms with Crippen LogP contribution < -0.4 is 20.7 Å². The standard InChI is InChI=1S/C23H38N4O6.C8H10O/c1-16(25-20(29)14-27-8-10-32-11-9-27)22(31)24-13-19(28)26-18(21(30)23(2)15-33-23)12-17-6-4-3-5-7-17;1-7-3-5-8(9-2)6-4-7/h16-18H,3-15H2,1-2H3,(H,24,31)(H,25,29)(H,26,28);3-6H,1-2H3/t16?,18-,23?;/m0./s1. The Balaban J connectivity index is 0.000000458. The maximum atomic E-state index is 12.9. The van der Waals surface area contributed by atoms with Gasteiger partial charge in [-0.25, -0.2) is 0 Å². The first-order valence-corrected chi connectivity index (χ1v) is 15.0. The minimum Gasteiger partial charge on any atom is -0.497 e. The molecule has 0 spiro atoms. The van der Waals surface area contributed by atoms with Gasteiger partial charge < -0.3 is 30.2 Å². The number of methoxy groups -OCH3 is 1. The average Bonchev–Trinajstić information content (AvgIpc) is 3.75. The minimum atomic E-state index is -0.810. The van der Waals surface area contributed by atoms with E-state index in [1.165, 1.54) is 12.0 Å². The number of benzene rings is 1. The van der Waals surface area contributed by atoms with E-state index in [-0.39, 0.29) is 24.8 Å². The molecule has 1 saturated carbocycles. The first kappa shape index (κ1) is 33.5. The molecule has 3 fully saturated rings. The SMILES string of the molecule is CC(NC(=O)CN1CCOCC1)C(=O)NCC(=O)N[C@@H](CC1CCCCC1)C(=O)C1(C)CO1.COc1ccc(C)cc1. The summed E-state index contributed by atoms with van der Waals surface area (Å²) in [6.45, 7) is 8.24. The summed E-state index contributed by atoms with van der Waals surface area (Å²) in [5.74, 6) is 0.102. The Bertz CT molecular complexity index is 1030. The van der Waals surface area contributed by atoms with Gasteiger partial charge >= 0.3 is 0 Å². The second-order valence-corrected chi connectivity index (χ2v) is 11.7. The quantitative estimate of drug-likeness (QED) is 0.314. The first-order chi connectivity index (χ1) is 20.1. The third-order valence-electron chi connectivity index (χ3n) is 7.97. The molecule has 4 rings (SSSR count). The topological polar surface area (TPSA) is 139 Å². The Morgan fingerprint density at radius 1 is 1.02 bits per heavy atom. The molecule has 11 nitrogen and oxygen atoms in total. The monoisotopic (exact) mass is 588 g/mol. The van der Waals surface area contributed by atoms with Crippen LogP contribution in [0.3, 0.4) is 0 Å². The van der Waals surface area contributed by atoms with Crippen LogP contribution in [0.5, 0.6) is 5.75 Å². The number of nitrogens with one attached hydrogen (secondary N) is 3. The smallest absolute Gasteiger partial charge is 0.242 e. The fraction of sp³-hybridized carbons (Fsp3) is 0.677. The van der Waals surface area contributed by atoms with Gasteiger partial charge in [-0.2, -0.15) is 0 Å². The summed E-state index contributed by atoms with van der Waals surface area (Å²) in [5, 5.41) is 8.02. The average molecular weight is 589 g/mol. The van der Waals surface area contributed by atoms with Crippen molar-refractivity contribution in [3.05, 3.63) is 29.8 Å². The van der Waals surface area contributed by atoms with Gasteiger partial charge in [0.25, 0.3) is 0 Å². The number of carbonyl (C=O) groups is 4. The first-order valence-electron chi connectivity index (χ1n) is 15.0. The van der Waals surface area contributed by atoms with Gasteiger partial charge in [0, 0.05) is 13.1 Å². The normalized spacial score (nSPS) is 22.0. The summed E-state index contributed by atoms with van der Waals surface area (Å²) < 4.78 is 15.5. The summed E-state index contributed by atoms with van der Waals surface area (Å²) >= 11 is 0. The fourth-order valence-corrected chi connectivity index (χ4v) is 5.16. The molecule has 0 aromatic heterocycles. The molecule has 1 aliphatic carbocycles. The van der Waals surface area contributed by atoms with Gasteiger partial charge in [-0.3, -0.25) is 24.1 Å². The zero-order valence-electron chi connectivity index (χ0n) is 25.5. The molecule has 11 heteroatoms. The lowest BCUT2D eigenvalue weighted by molar-refractivity contribution is -0.132. The summed E-state index contributed by atoms with van der Waals surface area (Å²) in [4.78, 5) is 51.9. The zero-order valence-corrected chi connectivity index (χ0v) is 25.5. The second-order valence-electron chi connectivity index (χ2n) is 11.7. The third kappa shape index (κ3) is 11.3. The van der Waals surface area contributed by atoms with E-state index in [1.54, 1.807) is 21.0 Å². The molecule has 1 aromatic carbocycles. The van der Waals surface area contributed by atoms with Gasteiger partial charge in [0.2, 0.25) is 17.7 Å². The van der Waals surface area contributed by atoms with Gasteiger partial charge in [-0.1, -0.05) is 49.8 Å². The van der Waals surface area contributed by atoms with Crippen LogP contribution in [-0.4, -0.2) is 99.2 Å². The van der Waals surface area contributed by atoms with E-state index in [0.29, 0.717) is 45.2 Å². The highest BCUT2D eigenvalue weighted by molar-refractivity contribution is 5.97. The second kappa shape index (κ2) is 16.6. The molecule has 3 aliphatic rings. The molecule has 3 atom stereocenters. The molecule has 234 valence electrons. The largest absolute Gasteiger partial charge is 0.497 e. The summed E-state index contributed by atoms with van der Waals surface area (Å²) in [7, 11) is 1.67. The maximum Gasteiger partial charge on any atom is 0.242 e.